The Morgan fingerprint density at radius 2 is 1.75 bits per heavy atom. The SMILES string of the molecule is CCN1CCC(C(C)N2CCOCC2)CC1. The highest BCUT2D eigenvalue weighted by molar-refractivity contribution is 4.82. The van der Waals surface area contributed by atoms with Crippen molar-refractivity contribution in [2.45, 2.75) is 32.7 Å². The van der Waals surface area contributed by atoms with Crippen LogP contribution < -0.4 is 0 Å². The molecule has 0 bridgehead atoms. The average molecular weight is 226 g/mol. The van der Waals surface area contributed by atoms with Gasteiger partial charge in [-0.2, -0.15) is 0 Å². The molecule has 1 unspecified atom stereocenters. The molecule has 2 aliphatic heterocycles. The number of morpholine rings is 1. The summed E-state index contributed by atoms with van der Waals surface area (Å²) in [6.07, 6.45) is 2.76. The van der Waals surface area contributed by atoms with Gasteiger partial charge >= 0.3 is 0 Å². The normalized spacial score (nSPS) is 28.1. The average Bonchev–Trinajstić information content (AvgIpc) is 2.39. The Hall–Kier alpha value is -0.120. The standard InChI is InChI=1S/C13H26N2O/c1-3-14-6-4-13(5-7-14)12(2)15-8-10-16-11-9-15/h12-13H,3-11H2,1-2H3. The monoisotopic (exact) mass is 226 g/mol. The van der Waals surface area contributed by atoms with Crippen LogP contribution in [0.4, 0.5) is 0 Å². The van der Waals surface area contributed by atoms with Crippen LogP contribution in [0, 0.1) is 5.92 Å². The number of hydrogen-bond donors (Lipinski definition) is 0. The van der Waals surface area contributed by atoms with Gasteiger partial charge in [0.15, 0.2) is 0 Å². The van der Waals surface area contributed by atoms with E-state index in [1.807, 2.05) is 0 Å². The summed E-state index contributed by atoms with van der Waals surface area (Å²) < 4.78 is 5.42. The van der Waals surface area contributed by atoms with Gasteiger partial charge in [-0.05, 0) is 45.3 Å². The maximum atomic E-state index is 5.42. The first kappa shape index (κ1) is 12.3. The molecule has 0 aromatic carbocycles. The Bertz CT molecular complexity index is 196. The van der Waals surface area contributed by atoms with Gasteiger partial charge in [-0.3, -0.25) is 4.90 Å². The Labute approximate surface area is 99.7 Å². The van der Waals surface area contributed by atoms with Gasteiger partial charge in [0.1, 0.15) is 0 Å². The molecule has 94 valence electrons. The third-order valence-electron chi connectivity index (χ3n) is 4.38. The summed E-state index contributed by atoms with van der Waals surface area (Å²) in [6.45, 7) is 12.6. The predicted octanol–water partition coefficient (Wildman–Crippen LogP) is 1.44. The maximum absolute atomic E-state index is 5.42. The molecule has 0 saturated carbocycles. The van der Waals surface area contributed by atoms with E-state index in [0.717, 1.165) is 38.3 Å². The van der Waals surface area contributed by atoms with Crippen LogP contribution >= 0.6 is 0 Å². The summed E-state index contributed by atoms with van der Waals surface area (Å²) >= 11 is 0. The lowest BCUT2D eigenvalue weighted by Gasteiger charge is -2.40. The minimum absolute atomic E-state index is 0.753. The Kier molecular flexibility index (Phi) is 4.62. The van der Waals surface area contributed by atoms with Crippen LogP contribution in [0.1, 0.15) is 26.7 Å². The number of piperidine rings is 1. The van der Waals surface area contributed by atoms with E-state index in [1.54, 1.807) is 0 Å². The van der Waals surface area contributed by atoms with E-state index >= 15 is 0 Å². The maximum Gasteiger partial charge on any atom is 0.0594 e. The first-order valence-corrected chi connectivity index (χ1v) is 6.85. The Balaban J connectivity index is 1.78. The fraction of sp³-hybridized carbons (Fsp3) is 1.00. The predicted molar refractivity (Wildman–Crippen MR) is 66.7 cm³/mol. The molecule has 2 saturated heterocycles. The molecule has 0 N–H and O–H groups in total. The molecule has 16 heavy (non-hydrogen) atoms. The second kappa shape index (κ2) is 5.99. The minimum Gasteiger partial charge on any atom is -0.379 e. The zero-order valence-electron chi connectivity index (χ0n) is 10.8. The van der Waals surface area contributed by atoms with Crippen LogP contribution in [-0.4, -0.2) is 61.8 Å². The van der Waals surface area contributed by atoms with Crippen LogP contribution in [-0.2, 0) is 4.74 Å². The molecule has 1 atom stereocenters. The lowest BCUT2D eigenvalue weighted by molar-refractivity contribution is -0.00124. The summed E-state index contributed by atoms with van der Waals surface area (Å²) in [6, 6.07) is 0.753. The first-order chi connectivity index (χ1) is 7.81. The number of likely N-dealkylation sites (tertiary alicyclic amines) is 1. The molecule has 3 heteroatoms. The first-order valence-electron chi connectivity index (χ1n) is 6.85. The number of rotatable bonds is 3. The molecule has 2 heterocycles. The van der Waals surface area contributed by atoms with Gasteiger partial charge in [0.05, 0.1) is 13.2 Å². The third-order valence-corrected chi connectivity index (χ3v) is 4.38. The van der Waals surface area contributed by atoms with E-state index in [0.29, 0.717) is 0 Å². The number of nitrogens with zero attached hydrogens (tertiary/aromatic N) is 2. The van der Waals surface area contributed by atoms with Crippen molar-refractivity contribution < 1.29 is 4.74 Å². The molecule has 2 rings (SSSR count). The van der Waals surface area contributed by atoms with Crippen molar-refractivity contribution in [1.82, 2.24) is 9.80 Å². The molecule has 0 aliphatic carbocycles. The quantitative estimate of drug-likeness (QED) is 0.724. The largest absolute Gasteiger partial charge is 0.379 e. The number of hydrogen-bond acceptors (Lipinski definition) is 3. The number of ether oxygens (including phenoxy) is 1. The van der Waals surface area contributed by atoms with Crippen LogP contribution in [0.15, 0.2) is 0 Å². The van der Waals surface area contributed by atoms with E-state index in [4.69, 9.17) is 4.74 Å². The molecule has 0 amide bonds. The van der Waals surface area contributed by atoms with Crippen molar-refractivity contribution in [3.05, 3.63) is 0 Å². The van der Waals surface area contributed by atoms with Gasteiger partial charge in [0.2, 0.25) is 0 Å². The van der Waals surface area contributed by atoms with Gasteiger partial charge in [0, 0.05) is 19.1 Å². The van der Waals surface area contributed by atoms with E-state index in [9.17, 15) is 0 Å². The lowest BCUT2D eigenvalue weighted by Crippen LogP contribution is -2.48. The molecule has 0 spiro atoms. The molecule has 2 aliphatic rings. The zero-order chi connectivity index (χ0) is 11.4. The molecular formula is C13H26N2O. The topological polar surface area (TPSA) is 15.7 Å². The highest BCUT2D eigenvalue weighted by Gasteiger charge is 2.27. The van der Waals surface area contributed by atoms with Crippen LogP contribution in [0.5, 0.6) is 0 Å². The van der Waals surface area contributed by atoms with Gasteiger partial charge in [-0.25, -0.2) is 0 Å². The fourth-order valence-electron chi connectivity index (χ4n) is 3.03. The molecule has 3 nitrogen and oxygen atoms in total. The van der Waals surface area contributed by atoms with Gasteiger partial charge in [0.25, 0.3) is 0 Å². The van der Waals surface area contributed by atoms with Crippen LogP contribution in [0.2, 0.25) is 0 Å². The van der Waals surface area contributed by atoms with Crippen molar-refractivity contribution >= 4 is 0 Å². The summed E-state index contributed by atoms with van der Waals surface area (Å²) in [4.78, 5) is 5.19. The summed E-state index contributed by atoms with van der Waals surface area (Å²) in [7, 11) is 0. The van der Waals surface area contributed by atoms with Gasteiger partial charge in [-0.15, -0.1) is 0 Å². The lowest BCUT2D eigenvalue weighted by atomic mass is 9.89. The molecule has 0 aromatic heterocycles. The molecule has 2 fully saturated rings. The van der Waals surface area contributed by atoms with Crippen molar-refractivity contribution in [1.29, 1.82) is 0 Å². The van der Waals surface area contributed by atoms with Crippen molar-refractivity contribution in [3.63, 3.8) is 0 Å². The van der Waals surface area contributed by atoms with Crippen LogP contribution in [0.3, 0.4) is 0 Å². The highest BCUT2D eigenvalue weighted by atomic mass is 16.5. The van der Waals surface area contributed by atoms with Crippen molar-refractivity contribution in [2.24, 2.45) is 5.92 Å². The van der Waals surface area contributed by atoms with E-state index in [2.05, 4.69) is 23.6 Å². The Morgan fingerprint density at radius 1 is 1.12 bits per heavy atom. The second-order valence-electron chi connectivity index (χ2n) is 5.16. The second-order valence-corrected chi connectivity index (χ2v) is 5.16. The van der Waals surface area contributed by atoms with Gasteiger partial charge < -0.3 is 9.64 Å². The van der Waals surface area contributed by atoms with Crippen molar-refractivity contribution in [3.8, 4) is 0 Å². The van der Waals surface area contributed by atoms with E-state index < -0.39 is 0 Å². The molecular weight excluding hydrogens is 200 g/mol. The summed E-state index contributed by atoms with van der Waals surface area (Å²) in [5.74, 6) is 0.904. The highest BCUT2D eigenvalue weighted by Crippen LogP contribution is 2.24. The third kappa shape index (κ3) is 2.96. The molecule has 0 radical (unpaired) electrons. The fourth-order valence-corrected chi connectivity index (χ4v) is 3.03. The van der Waals surface area contributed by atoms with Crippen molar-refractivity contribution in [2.75, 3.05) is 45.9 Å². The molecule has 0 aromatic rings. The minimum atomic E-state index is 0.753. The van der Waals surface area contributed by atoms with Gasteiger partial charge in [-0.1, -0.05) is 6.92 Å². The van der Waals surface area contributed by atoms with E-state index in [-0.39, 0.29) is 0 Å². The van der Waals surface area contributed by atoms with Crippen LogP contribution in [0.25, 0.3) is 0 Å². The smallest absolute Gasteiger partial charge is 0.0594 e. The summed E-state index contributed by atoms with van der Waals surface area (Å²) in [5, 5.41) is 0. The zero-order valence-corrected chi connectivity index (χ0v) is 10.8. The van der Waals surface area contributed by atoms with E-state index in [1.165, 1.54) is 32.5 Å². The Morgan fingerprint density at radius 3 is 2.31 bits per heavy atom. The summed E-state index contributed by atoms with van der Waals surface area (Å²) in [5.41, 5.74) is 0.